The van der Waals surface area contributed by atoms with Gasteiger partial charge in [0.2, 0.25) is 0 Å². The molecule has 2 N–H and O–H groups in total. The van der Waals surface area contributed by atoms with Crippen LogP contribution in [0.4, 0.5) is 0 Å². The minimum atomic E-state index is -1.25. The molecule has 0 spiro atoms. The number of rotatable bonds is 5. The third kappa shape index (κ3) is 3.69. The number of hydrogen-bond donors (Lipinski definition) is 2. The van der Waals surface area contributed by atoms with E-state index in [1.54, 1.807) is 31.2 Å². The van der Waals surface area contributed by atoms with Gasteiger partial charge in [0.25, 0.3) is 0 Å². The number of fused-ring (bicyclic) bond motifs is 1. The van der Waals surface area contributed by atoms with Gasteiger partial charge in [-0.15, -0.1) is 0 Å². The van der Waals surface area contributed by atoms with Gasteiger partial charge in [-0.25, -0.2) is 0 Å². The first-order chi connectivity index (χ1) is 10.0. The fraction of sp³-hybridized carbons (Fsp3) is 0.333. The predicted molar refractivity (Wildman–Crippen MR) is 79.0 cm³/mol. The predicted octanol–water partition coefficient (Wildman–Crippen LogP) is 2.24. The van der Waals surface area contributed by atoms with Gasteiger partial charge >= 0.3 is 5.97 Å². The van der Waals surface area contributed by atoms with Gasteiger partial charge in [-0.3, -0.25) is 9.78 Å². The Kier molecular flexibility index (Phi) is 5.12. The summed E-state index contributed by atoms with van der Waals surface area (Å²) in [6, 6.07) is 6.68. The van der Waals surface area contributed by atoms with Crippen molar-refractivity contribution in [3.8, 4) is 0 Å². The summed E-state index contributed by atoms with van der Waals surface area (Å²) in [6.45, 7) is 1.92. The number of carbonyl (C=O) groups excluding carboxylic acids is 1. The number of halogens is 1. The van der Waals surface area contributed by atoms with Crippen molar-refractivity contribution in [2.45, 2.75) is 25.6 Å². The van der Waals surface area contributed by atoms with Gasteiger partial charge in [-0.1, -0.05) is 17.7 Å². The van der Waals surface area contributed by atoms with Crippen molar-refractivity contribution in [3.05, 3.63) is 41.0 Å². The summed E-state index contributed by atoms with van der Waals surface area (Å²) in [6.07, 6.45) is -1.20. The third-order valence-electron chi connectivity index (χ3n) is 3.10. The topological polar surface area (TPSA) is 79.7 Å². The van der Waals surface area contributed by atoms with E-state index in [-0.39, 0.29) is 13.0 Å². The summed E-state index contributed by atoms with van der Waals surface area (Å²) < 4.78 is 4.76. The zero-order valence-electron chi connectivity index (χ0n) is 11.5. The highest BCUT2D eigenvalue weighted by Crippen LogP contribution is 2.28. The number of carbonyl (C=O) groups is 1. The molecule has 0 fully saturated rings. The number of benzene rings is 1. The Morgan fingerprint density at radius 3 is 2.86 bits per heavy atom. The van der Waals surface area contributed by atoms with Crippen LogP contribution in [0.5, 0.6) is 0 Å². The highest BCUT2D eigenvalue weighted by Gasteiger charge is 2.23. The van der Waals surface area contributed by atoms with E-state index in [4.69, 9.17) is 16.3 Å². The van der Waals surface area contributed by atoms with Crippen molar-refractivity contribution >= 4 is 28.5 Å². The number of aliphatic hydroxyl groups is 2. The third-order valence-corrected chi connectivity index (χ3v) is 3.34. The highest BCUT2D eigenvalue weighted by molar-refractivity contribution is 6.31. The average Bonchev–Trinajstić information content (AvgIpc) is 2.45. The van der Waals surface area contributed by atoms with Crippen molar-refractivity contribution in [2.75, 3.05) is 6.61 Å². The summed E-state index contributed by atoms with van der Waals surface area (Å²) in [5, 5.41) is 21.5. The Labute approximate surface area is 127 Å². The van der Waals surface area contributed by atoms with Crippen LogP contribution < -0.4 is 0 Å². The molecule has 2 aromatic rings. The molecule has 2 rings (SSSR count). The average molecular weight is 310 g/mol. The lowest BCUT2D eigenvalue weighted by Gasteiger charge is -2.19. The second kappa shape index (κ2) is 6.85. The number of aliphatic hydroxyl groups excluding tert-OH is 2. The lowest BCUT2D eigenvalue weighted by molar-refractivity contribution is -0.147. The SMILES string of the molecule is CCOC(=O)CC(O)C(O)c1ccnc2cc(Cl)ccc12. The maximum Gasteiger partial charge on any atom is 0.308 e. The van der Waals surface area contributed by atoms with Crippen LogP contribution >= 0.6 is 11.6 Å². The molecular formula is C15H16ClNO4. The summed E-state index contributed by atoms with van der Waals surface area (Å²) in [7, 11) is 0. The minimum absolute atomic E-state index is 0.234. The molecule has 1 aromatic carbocycles. The molecule has 21 heavy (non-hydrogen) atoms. The molecular weight excluding hydrogens is 294 g/mol. The Balaban J connectivity index is 2.26. The highest BCUT2D eigenvalue weighted by atomic mass is 35.5. The molecule has 112 valence electrons. The standard InChI is InChI=1S/C15H16ClNO4/c1-2-21-14(19)8-13(18)15(20)11-5-6-17-12-7-9(16)3-4-10(11)12/h3-7,13,15,18,20H,2,8H2,1H3. The van der Waals surface area contributed by atoms with Crippen LogP contribution in [0.3, 0.4) is 0 Å². The first-order valence-corrected chi connectivity index (χ1v) is 6.96. The second-order valence-electron chi connectivity index (χ2n) is 4.58. The Bertz CT molecular complexity index is 647. The van der Waals surface area contributed by atoms with Crippen molar-refractivity contribution in [1.82, 2.24) is 4.98 Å². The molecule has 0 aliphatic carbocycles. The minimum Gasteiger partial charge on any atom is -0.466 e. The maximum absolute atomic E-state index is 11.4. The molecule has 0 radical (unpaired) electrons. The fourth-order valence-electron chi connectivity index (χ4n) is 2.11. The Morgan fingerprint density at radius 2 is 2.14 bits per heavy atom. The molecule has 0 bridgehead atoms. The van der Waals surface area contributed by atoms with Gasteiger partial charge in [0.15, 0.2) is 0 Å². The molecule has 0 amide bonds. The molecule has 0 saturated heterocycles. The second-order valence-corrected chi connectivity index (χ2v) is 5.02. The van der Waals surface area contributed by atoms with Gasteiger partial charge in [-0.2, -0.15) is 0 Å². The van der Waals surface area contributed by atoms with E-state index in [1.165, 1.54) is 6.20 Å². The smallest absolute Gasteiger partial charge is 0.308 e. The number of nitrogens with zero attached hydrogens (tertiary/aromatic N) is 1. The van der Waals surface area contributed by atoms with Crippen LogP contribution in [-0.2, 0) is 9.53 Å². The van der Waals surface area contributed by atoms with Crippen molar-refractivity contribution in [1.29, 1.82) is 0 Å². The Hall–Kier alpha value is -1.69. The van der Waals surface area contributed by atoms with Crippen LogP contribution in [-0.4, -0.2) is 33.9 Å². The molecule has 2 atom stereocenters. The van der Waals surface area contributed by atoms with E-state index in [2.05, 4.69) is 4.98 Å². The number of pyridine rings is 1. The van der Waals surface area contributed by atoms with Crippen molar-refractivity contribution < 1.29 is 19.7 Å². The normalized spacial score (nSPS) is 13.9. The lowest BCUT2D eigenvalue weighted by atomic mass is 9.98. The number of aromatic nitrogens is 1. The fourth-order valence-corrected chi connectivity index (χ4v) is 2.28. The molecule has 0 aliphatic heterocycles. The molecule has 5 nitrogen and oxygen atoms in total. The van der Waals surface area contributed by atoms with Crippen LogP contribution in [0.15, 0.2) is 30.5 Å². The van der Waals surface area contributed by atoms with Crippen LogP contribution in [0, 0.1) is 0 Å². The van der Waals surface area contributed by atoms with E-state index in [0.717, 1.165) is 0 Å². The number of esters is 1. The Morgan fingerprint density at radius 1 is 1.38 bits per heavy atom. The van der Waals surface area contributed by atoms with Crippen LogP contribution in [0.1, 0.15) is 25.0 Å². The molecule has 2 unspecified atom stereocenters. The van der Waals surface area contributed by atoms with Crippen LogP contribution in [0.2, 0.25) is 5.02 Å². The number of ether oxygens (including phenoxy) is 1. The van der Waals surface area contributed by atoms with E-state index in [1.807, 2.05) is 0 Å². The van der Waals surface area contributed by atoms with Crippen molar-refractivity contribution in [3.63, 3.8) is 0 Å². The zero-order valence-corrected chi connectivity index (χ0v) is 12.2. The van der Waals surface area contributed by atoms with Gasteiger partial charge in [0.05, 0.1) is 24.6 Å². The molecule has 6 heteroatoms. The lowest BCUT2D eigenvalue weighted by Crippen LogP contribution is -2.23. The summed E-state index contributed by atoms with van der Waals surface area (Å²) in [5.41, 5.74) is 1.11. The zero-order chi connectivity index (χ0) is 15.4. The molecule has 1 heterocycles. The largest absolute Gasteiger partial charge is 0.466 e. The van der Waals surface area contributed by atoms with E-state index >= 15 is 0 Å². The monoisotopic (exact) mass is 309 g/mol. The quantitative estimate of drug-likeness (QED) is 0.828. The summed E-state index contributed by atoms with van der Waals surface area (Å²) >= 11 is 5.90. The first kappa shape index (κ1) is 15.7. The van der Waals surface area contributed by atoms with Gasteiger partial charge in [-0.05, 0) is 30.7 Å². The van der Waals surface area contributed by atoms with E-state index in [9.17, 15) is 15.0 Å². The number of hydrogen-bond acceptors (Lipinski definition) is 5. The molecule has 0 aliphatic rings. The van der Waals surface area contributed by atoms with Gasteiger partial charge in [0.1, 0.15) is 6.10 Å². The van der Waals surface area contributed by atoms with E-state index < -0.39 is 18.2 Å². The van der Waals surface area contributed by atoms with Gasteiger partial charge in [0, 0.05) is 16.6 Å². The van der Waals surface area contributed by atoms with Crippen LogP contribution in [0.25, 0.3) is 10.9 Å². The molecule has 0 saturated carbocycles. The van der Waals surface area contributed by atoms with E-state index in [0.29, 0.717) is 21.5 Å². The van der Waals surface area contributed by atoms with Gasteiger partial charge < -0.3 is 14.9 Å². The van der Waals surface area contributed by atoms with Crippen molar-refractivity contribution in [2.24, 2.45) is 0 Å². The maximum atomic E-state index is 11.4. The first-order valence-electron chi connectivity index (χ1n) is 6.59. The molecule has 1 aromatic heterocycles. The summed E-state index contributed by atoms with van der Waals surface area (Å²) in [5.74, 6) is -0.551. The summed E-state index contributed by atoms with van der Waals surface area (Å²) in [4.78, 5) is 15.5.